The van der Waals surface area contributed by atoms with Gasteiger partial charge in [0.25, 0.3) is 5.91 Å². The van der Waals surface area contributed by atoms with Crippen LogP contribution in [0, 0.1) is 0 Å². The van der Waals surface area contributed by atoms with E-state index >= 15 is 0 Å². The van der Waals surface area contributed by atoms with Crippen molar-refractivity contribution in [2.45, 2.75) is 62.9 Å². The van der Waals surface area contributed by atoms with Crippen LogP contribution >= 0.6 is 0 Å². The fourth-order valence-electron chi connectivity index (χ4n) is 8.25. The van der Waals surface area contributed by atoms with Gasteiger partial charge in [0.15, 0.2) is 0 Å². The Morgan fingerprint density at radius 1 is 0.689 bits per heavy atom. The van der Waals surface area contributed by atoms with Crippen molar-refractivity contribution in [3.05, 3.63) is 115 Å². The highest BCUT2D eigenvalue weighted by Gasteiger charge is 2.39. The van der Waals surface area contributed by atoms with Gasteiger partial charge in [-0.15, -0.1) is 0 Å². The summed E-state index contributed by atoms with van der Waals surface area (Å²) in [6.45, 7) is 2.47. The van der Waals surface area contributed by atoms with Crippen LogP contribution in [0.2, 0.25) is 0 Å². The first kappa shape index (κ1) is 40.7. The molecule has 5 N–H and O–H groups in total. The van der Waals surface area contributed by atoms with Gasteiger partial charge in [0, 0.05) is 35.8 Å². The van der Waals surface area contributed by atoms with Crippen LogP contribution in [0.4, 0.5) is 9.59 Å². The van der Waals surface area contributed by atoms with E-state index < -0.39 is 36.3 Å². The largest absolute Gasteiger partial charge is 0.453 e. The van der Waals surface area contributed by atoms with Gasteiger partial charge in [0.1, 0.15) is 23.7 Å². The van der Waals surface area contributed by atoms with Gasteiger partial charge < -0.3 is 45.0 Å². The number of amides is 4. The molecule has 0 radical (unpaired) electrons. The predicted octanol–water partition coefficient (Wildman–Crippen LogP) is 6.21. The second kappa shape index (κ2) is 17.6. The Hall–Kier alpha value is -7.07. The van der Waals surface area contributed by atoms with Gasteiger partial charge in [0.2, 0.25) is 5.91 Å². The Morgan fingerprint density at radius 2 is 1.26 bits per heavy atom. The molecule has 0 aliphatic carbocycles. The second-order valence-electron chi connectivity index (χ2n) is 15.3. The number of imidazole rings is 2. The first-order valence-electron chi connectivity index (χ1n) is 20.3. The summed E-state index contributed by atoms with van der Waals surface area (Å²) in [6.07, 6.45) is 5.79. The molecule has 6 aromatic rings. The molecule has 8 rings (SSSR count). The number of hydrogen-bond acceptors (Lipinski definition) is 10. The number of carbonyl (C=O) groups is 4. The molecule has 0 saturated carbocycles. The highest BCUT2D eigenvalue weighted by Crippen LogP contribution is 2.36. The maximum absolute atomic E-state index is 13.9. The van der Waals surface area contributed by atoms with Crippen LogP contribution in [0.1, 0.15) is 67.9 Å². The number of likely N-dealkylation sites (tertiary alicyclic amines) is 2. The lowest BCUT2D eigenvalue weighted by Crippen LogP contribution is -2.53. The van der Waals surface area contributed by atoms with Crippen LogP contribution in [0.25, 0.3) is 44.5 Å². The highest BCUT2D eigenvalue weighted by molar-refractivity contribution is 5.90. The van der Waals surface area contributed by atoms with Gasteiger partial charge in [-0.1, -0.05) is 66.7 Å². The van der Waals surface area contributed by atoms with Crippen LogP contribution in [0.3, 0.4) is 0 Å². The first-order valence-corrected chi connectivity index (χ1v) is 20.3. The van der Waals surface area contributed by atoms with Crippen LogP contribution in [0.15, 0.2) is 97.5 Å². The average Bonchev–Trinajstić information content (AvgIpc) is 4.14. The van der Waals surface area contributed by atoms with E-state index in [1.165, 1.54) is 21.1 Å². The molecule has 16 heteroatoms. The number of aliphatic hydroxyl groups excluding tert-OH is 1. The minimum atomic E-state index is -1.14. The molecule has 5 atom stereocenters. The third-order valence-corrected chi connectivity index (χ3v) is 11.5. The number of fused-ring (bicyclic) bond motifs is 1. The van der Waals surface area contributed by atoms with Gasteiger partial charge in [-0.2, -0.15) is 0 Å². The topological polar surface area (TPSA) is 208 Å². The number of aromatic amines is 2. The minimum absolute atomic E-state index is 0.225. The van der Waals surface area contributed by atoms with Crippen molar-refractivity contribution >= 4 is 34.8 Å². The van der Waals surface area contributed by atoms with Crippen molar-refractivity contribution in [2.24, 2.45) is 0 Å². The summed E-state index contributed by atoms with van der Waals surface area (Å²) >= 11 is 0. The molecule has 61 heavy (non-hydrogen) atoms. The quantitative estimate of drug-likeness (QED) is 0.0998. The van der Waals surface area contributed by atoms with E-state index in [0.717, 1.165) is 63.8 Å². The third-order valence-electron chi connectivity index (χ3n) is 11.5. The molecule has 314 valence electrons. The van der Waals surface area contributed by atoms with E-state index in [-0.39, 0.29) is 18.0 Å². The SMILES string of the molecule is COC(=O)NC(C(=O)N1CCCC1c1ncc(-c2ccc3cc(-c4ccc(-c5cnc(C6CCCN6C(=O)C(NC(=O)OC)C(C)O)[nH]5)cc4)ncc3c2)[nH]1)c1ccccc1. The maximum atomic E-state index is 13.9. The third kappa shape index (κ3) is 8.52. The van der Waals surface area contributed by atoms with Crippen LogP contribution in [0.5, 0.6) is 0 Å². The number of rotatable bonds is 11. The van der Waals surface area contributed by atoms with E-state index in [1.807, 2.05) is 66.9 Å². The molecule has 0 bridgehead atoms. The molecular formula is C45H47N9O7. The van der Waals surface area contributed by atoms with E-state index in [0.29, 0.717) is 36.7 Å². The maximum Gasteiger partial charge on any atom is 0.407 e. The summed E-state index contributed by atoms with van der Waals surface area (Å²) in [6, 6.07) is 22.7. The van der Waals surface area contributed by atoms with Crippen molar-refractivity contribution in [1.29, 1.82) is 0 Å². The van der Waals surface area contributed by atoms with E-state index in [9.17, 15) is 24.3 Å². The highest BCUT2D eigenvalue weighted by atomic mass is 16.5. The number of ether oxygens (including phenoxy) is 2. The number of nitrogens with zero attached hydrogens (tertiary/aromatic N) is 5. The zero-order valence-electron chi connectivity index (χ0n) is 34.0. The zero-order valence-corrected chi connectivity index (χ0v) is 34.0. The Bertz CT molecular complexity index is 2540. The molecule has 3 aromatic heterocycles. The molecule has 16 nitrogen and oxygen atoms in total. The Morgan fingerprint density at radius 3 is 1.89 bits per heavy atom. The molecule has 4 amide bonds. The summed E-state index contributed by atoms with van der Waals surface area (Å²) in [5.41, 5.74) is 5.88. The minimum Gasteiger partial charge on any atom is -0.453 e. The molecule has 2 aliphatic heterocycles. The number of nitrogens with one attached hydrogen (secondary N) is 4. The molecule has 2 fully saturated rings. The molecule has 3 aromatic carbocycles. The fourth-order valence-corrected chi connectivity index (χ4v) is 8.25. The molecule has 5 unspecified atom stereocenters. The van der Waals surface area contributed by atoms with Crippen molar-refractivity contribution in [1.82, 2.24) is 45.4 Å². The van der Waals surface area contributed by atoms with Crippen molar-refractivity contribution in [2.75, 3.05) is 27.3 Å². The monoisotopic (exact) mass is 825 g/mol. The first-order chi connectivity index (χ1) is 29.6. The Kier molecular flexibility index (Phi) is 11.8. The molecule has 0 spiro atoms. The smallest absolute Gasteiger partial charge is 0.407 e. The van der Waals surface area contributed by atoms with Crippen LogP contribution in [-0.2, 0) is 19.1 Å². The van der Waals surface area contributed by atoms with Gasteiger partial charge in [-0.3, -0.25) is 14.6 Å². The number of pyridine rings is 1. The van der Waals surface area contributed by atoms with Crippen molar-refractivity contribution < 1.29 is 33.8 Å². The number of alkyl carbamates (subject to hydrolysis) is 2. The number of benzene rings is 3. The lowest BCUT2D eigenvalue weighted by Gasteiger charge is -2.29. The summed E-state index contributed by atoms with van der Waals surface area (Å²) in [5.74, 6) is 0.690. The standard InChI is InChI=1S/C45H47N9O7/c1-26(55)38(51-44(58)60-2)42(56)53-19-7-11-36(53)40-47-24-34(49-40)28-15-13-27(14-16-28)33-22-30-17-18-31(21-32(30)23-46-33)35-25-48-41(50-35)37-12-8-20-54(37)43(57)39(52-45(59)61-3)29-9-5-4-6-10-29/h4-6,9-10,13-18,21-26,36-39,55H,7-8,11-12,19-20H2,1-3H3,(H,47,49)(H,48,50)(H,51,58)(H,52,59). The van der Waals surface area contributed by atoms with Crippen molar-refractivity contribution in [3.8, 4) is 33.8 Å². The predicted molar refractivity (Wildman–Crippen MR) is 225 cm³/mol. The van der Waals surface area contributed by atoms with Crippen molar-refractivity contribution in [3.63, 3.8) is 0 Å². The number of hydrogen-bond donors (Lipinski definition) is 5. The second-order valence-corrected chi connectivity index (χ2v) is 15.3. The van der Waals surface area contributed by atoms with Gasteiger partial charge in [-0.05, 0) is 61.3 Å². The van der Waals surface area contributed by atoms with Gasteiger partial charge in [0.05, 0.1) is 61.9 Å². The number of H-pyrrole nitrogens is 2. The number of aromatic nitrogens is 5. The summed E-state index contributed by atoms with van der Waals surface area (Å²) < 4.78 is 9.48. The molecule has 5 heterocycles. The lowest BCUT2D eigenvalue weighted by atomic mass is 10.0. The van der Waals surface area contributed by atoms with Gasteiger partial charge >= 0.3 is 12.2 Å². The fraction of sp³-hybridized carbons (Fsp3) is 0.311. The number of methoxy groups -OCH3 is 2. The summed E-state index contributed by atoms with van der Waals surface area (Å²) in [4.78, 5) is 75.8. The van der Waals surface area contributed by atoms with E-state index in [4.69, 9.17) is 14.7 Å². The average molecular weight is 826 g/mol. The van der Waals surface area contributed by atoms with E-state index in [2.05, 4.69) is 48.5 Å². The molecular weight excluding hydrogens is 779 g/mol. The van der Waals surface area contributed by atoms with E-state index in [1.54, 1.807) is 22.2 Å². The lowest BCUT2D eigenvalue weighted by molar-refractivity contribution is -0.137. The number of carbonyl (C=O) groups excluding carboxylic acids is 4. The molecule has 2 saturated heterocycles. The summed E-state index contributed by atoms with van der Waals surface area (Å²) in [5, 5.41) is 17.4. The van der Waals surface area contributed by atoms with Crippen LogP contribution in [-0.4, -0.2) is 103 Å². The molecule has 2 aliphatic rings. The Labute approximate surface area is 351 Å². The summed E-state index contributed by atoms with van der Waals surface area (Å²) in [7, 11) is 2.48. The zero-order chi connectivity index (χ0) is 42.6. The van der Waals surface area contributed by atoms with Gasteiger partial charge in [-0.25, -0.2) is 19.6 Å². The number of aliphatic hydroxyl groups is 1. The normalized spacial score (nSPS) is 17.8. The Balaban J connectivity index is 0.943. The van der Waals surface area contributed by atoms with Crippen LogP contribution < -0.4 is 10.6 Å².